The number of aromatic nitrogens is 2. The summed E-state index contributed by atoms with van der Waals surface area (Å²) < 4.78 is 38.5. The van der Waals surface area contributed by atoms with E-state index >= 15 is 0 Å². The van der Waals surface area contributed by atoms with Crippen LogP contribution >= 0.6 is 0 Å². The van der Waals surface area contributed by atoms with Crippen LogP contribution in [0, 0.1) is 23.5 Å². The van der Waals surface area contributed by atoms with E-state index in [2.05, 4.69) is 21.2 Å². The fourth-order valence-corrected chi connectivity index (χ4v) is 4.92. The minimum Gasteiger partial charge on any atom is -0.454 e. The van der Waals surface area contributed by atoms with Gasteiger partial charge in [-0.25, -0.2) is 8.78 Å². The molecule has 0 radical (unpaired) electrons. The van der Waals surface area contributed by atoms with E-state index in [-0.39, 0.29) is 24.4 Å². The molecule has 6 rings (SSSR count). The van der Waals surface area contributed by atoms with Crippen molar-refractivity contribution in [2.24, 2.45) is 17.6 Å². The molecule has 158 valence electrons. The predicted octanol–water partition coefficient (Wildman–Crippen LogP) is 3.16. The first-order valence-corrected chi connectivity index (χ1v) is 10.3. The van der Waals surface area contributed by atoms with Crippen LogP contribution in [0.25, 0.3) is 11.3 Å². The molecule has 4 unspecified atom stereocenters. The molecule has 1 aromatic heterocycles. The average Bonchev–Trinajstić information content (AvgIpc) is 3.11. The highest BCUT2D eigenvalue weighted by atomic mass is 19.1. The van der Waals surface area contributed by atoms with Crippen molar-refractivity contribution in [3.8, 4) is 22.8 Å². The minimum atomic E-state index is -0.530. The molecule has 8 heteroatoms. The minimum absolute atomic E-state index is 0.0993. The molecule has 6 nitrogen and oxygen atoms in total. The van der Waals surface area contributed by atoms with Gasteiger partial charge in [0.05, 0.1) is 5.69 Å². The molecule has 1 saturated heterocycles. The molecule has 0 spiro atoms. The van der Waals surface area contributed by atoms with Crippen LogP contribution in [0.15, 0.2) is 48.5 Å². The van der Waals surface area contributed by atoms with Gasteiger partial charge in [0.1, 0.15) is 11.6 Å². The molecule has 4 atom stereocenters. The van der Waals surface area contributed by atoms with E-state index in [9.17, 15) is 8.78 Å². The Labute approximate surface area is 177 Å². The maximum atomic E-state index is 14.1. The second-order valence-corrected chi connectivity index (χ2v) is 8.33. The fraction of sp³-hybridized carbons (Fsp3) is 0.304. The van der Waals surface area contributed by atoms with Gasteiger partial charge in [0, 0.05) is 30.1 Å². The lowest BCUT2D eigenvalue weighted by Crippen LogP contribution is -2.39. The van der Waals surface area contributed by atoms with Crippen LogP contribution in [0.1, 0.15) is 5.56 Å². The Balaban J connectivity index is 1.27. The first kappa shape index (κ1) is 18.5. The van der Waals surface area contributed by atoms with Crippen LogP contribution < -0.4 is 20.1 Å². The topological polar surface area (TPSA) is 73.5 Å². The monoisotopic (exact) mass is 422 g/mol. The summed E-state index contributed by atoms with van der Waals surface area (Å²) in [6.45, 7) is 1.06. The molecular weight excluding hydrogens is 402 g/mol. The Morgan fingerprint density at radius 3 is 2.71 bits per heavy atom. The summed E-state index contributed by atoms with van der Waals surface area (Å²) >= 11 is 0. The lowest BCUT2D eigenvalue weighted by atomic mass is 10.0. The maximum Gasteiger partial charge on any atom is 0.231 e. The zero-order valence-corrected chi connectivity index (χ0v) is 16.5. The number of nitrogens with zero attached hydrogens (tertiary/aromatic N) is 3. The Morgan fingerprint density at radius 2 is 1.87 bits per heavy atom. The summed E-state index contributed by atoms with van der Waals surface area (Å²) in [5.74, 6) is 2.02. The van der Waals surface area contributed by atoms with E-state index < -0.39 is 11.6 Å². The molecular formula is C23H20F2N4O2. The third kappa shape index (κ3) is 3.09. The number of nitrogens with two attached hydrogens (primary N) is 1. The van der Waals surface area contributed by atoms with Crippen LogP contribution in [-0.4, -0.2) is 35.6 Å². The standard InChI is InChI=1S/C23H20F2N4O2/c24-13-2-3-16(25)14(9-13)17-4-6-21(28-27-17)29-10-15-22(23(15)26)18(29)7-12-1-5-19-20(8-12)31-11-30-19/h1-6,8-9,15,18,22-23H,7,10-11,26H2. The number of halogens is 2. The molecule has 3 aliphatic rings. The highest BCUT2D eigenvalue weighted by molar-refractivity contribution is 5.61. The lowest BCUT2D eigenvalue weighted by Gasteiger charge is -2.29. The van der Waals surface area contributed by atoms with Crippen LogP contribution in [0.3, 0.4) is 0 Å². The molecule has 2 N–H and O–H groups in total. The van der Waals surface area contributed by atoms with Crippen molar-refractivity contribution in [3.05, 3.63) is 65.7 Å². The molecule has 31 heavy (non-hydrogen) atoms. The lowest BCUT2D eigenvalue weighted by molar-refractivity contribution is 0.174. The van der Waals surface area contributed by atoms with Gasteiger partial charge >= 0.3 is 0 Å². The Kier molecular flexibility index (Phi) is 4.11. The van der Waals surface area contributed by atoms with Gasteiger partial charge in [-0.3, -0.25) is 0 Å². The van der Waals surface area contributed by atoms with Crippen molar-refractivity contribution in [3.63, 3.8) is 0 Å². The van der Waals surface area contributed by atoms with Crippen molar-refractivity contribution in [1.82, 2.24) is 10.2 Å². The van der Waals surface area contributed by atoms with Gasteiger partial charge in [0.2, 0.25) is 6.79 Å². The SMILES string of the molecule is NC1C2CN(c3ccc(-c4cc(F)ccc4F)nn3)C(Cc3ccc4c(c3)OCO4)C12. The van der Waals surface area contributed by atoms with Gasteiger partial charge in [0.15, 0.2) is 17.3 Å². The van der Waals surface area contributed by atoms with Gasteiger partial charge in [0.25, 0.3) is 0 Å². The third-order valence-corrected chi connectivity index (χ3v) is 6.58. The van der Waals surface area contributed by atoms with Crippen LogP contribution in [0.5, 0.6) is 11.5 Å². The quantitative estimate of drug-likeness (QED) is 0.696. The van der Waals surface area contributed by atoms with Crippen LogP contribution in [-0.2, 0) is 6.42 Å². The Bertz CT molecular complexity index is 1160. The first-order chi connectivity index (χ1) is 15.1. The molecule has 0 bridgehead atoms. The first-order valence-electron chi connectivity index (χ1n) is 10.3. The summed E-state index contributed by atoms with van der Waals surface area (Å²) in [5.41, 5.74) is 7.84. The average molecular weight is 422 g/mol. The van der Waals surface area contributed by atoms with Crippen LogP contribution in [0.4, 0.5) is 14.6 Å². The molecule has 1 saturated carbocycles. The fourth-order valence-electron chi connectivity index (χ4n) is 4.92. The smallest absolute Gasteiger partial charge is 0.231 e. The number of fused-ring (bicyclic) bond motifs is 2. The Morgan fingerprint density at radius 1 is 1.00 bits per heavy atom. The molecule has 2 aliphatic heterocycles. The highest BCUT2D eigenvalue weighted by Crippen LogP contribution is 2.50. The number of anilines is 1. The van der Waals surface area contributed by atoms with E-state index in [1.807, 2.05) is 18.2 Å². The zero-order chi connectivity index (χ0) is 21.1. The van der Waals surface area contributed by atoms with Crippen LogP contribution in [0.2, 0.25) is 0 Å². The summed E-state index contributed by atoms with van der Waals surface area (Å²) in [4.78, 5) is 2.22. The second-order valence-electron chi connectivity index (χ2n) is 8.33. The summed E-state index contributed by atoms with van der Waals surface area (Å²) in [7, 11) is 0. The molecule has 3 heterocycles. The summed E-state index contributed by atoms with van der Waals surface area (Å²) in [6.07, 6.45) is 0.799. The van der Waals surface area contributed by atoms with Crippen molar-refractivity contribution in [1.29, 1.82) is 0 Å². The van der Waals surface area contributed by atoms with E-state index in [1.54, 1.807) is 6.07 Å². The van der Waals surface area contributed by atoms with Gasteiger partial charge in [-0.15, -0.1) is 10.2 Å². The third-order valence-electron chi connectivity index (χ3n) is 6.58. The number of ether oxygens (including phenoxy) is 2. The second kappa shape index (κ2) is 6.88. The van der Waals surface area contributed by atoms with Crippen molar-refractivity contribution >= 4 is 5.82 Å². The largest absolute Gasteiger partial charge is 0.454 e. The van der Waals surface area contributed by atoms with E-state index in [1.165, 1.54) is 0 Å². The van der Waals surface area contributed by atoms with E-state index in [0.29, 0.717) is 23.3 Å². The van der Waals surface area contributed by atoms with Gasteiger partial charge < -0.3 is 20.1 Å². The van der Waals surface area contributed by atoms with E-state index in [0.717, 1.165) is 48.2 Å². The summed E-state index contributed by atoms with van der Waals surface area (Å²) in [5, 5.41) is 8.52. The summed E-state index contributed by atoms with van der Waals surface area (Å²) in [6, 6.07) is 13.2. The molecule has 3 aromatic rings. The number of hydrogen-bond acceptors (Lipinski definition) is 6. The molecule has 2 fully saturated rings. The number of rotatable bonds is 4. The van der Waals surface area contributed by atoms with Gasteiger partial charge in [-0.1, -0.05) is 6.07 Å². The molecule has 2 aromatic carbocycles. The van der Waals surface area contributed by atoms with Gasteiger partial charge in [-0.05, 0) is 60.4 Å². The molecule has 0 amide bonds. The zero-order valence-electron chi connectivity index (χ0n) is 16.5. The predicted molar refractivity (Wildman–Crippen MR) is 110 cm³/mol. The Hall–Kier alpha value is -3.26. The number of piperidine rings is 1. The number of hydrogen-bond donors (Lipinski definition) is 1. The van der Waals surface area contributed by atoms with Crippen molar-refractivity contribution < 1.29 is 18.3 Å². The maximum absolute atomic E-state index is 14.1. The number of benzene rings is 2. The normalized spacial score (nSPS) is 25.6. The van der Waals surface area contributed by atoms with Gasteiger partial charge in [-0.2, -0.15) is 0 Å². The molecule has 1 aliphatic carbocycles. The highest BCUT2D eigenvalue weighted by Gasteiger charge is 2.59. The van der Waals surface area contributed by atoms with Crippen molar-refractivity contribution in [2.75, 3.05) is 18.2 Å². The van der Waals surface area contributed by atoms with Crippen molar-refractivity contribution in [2.45, 2.75) is 18.5 Å². The van der Waals surface area contributed by atoms with E-state index in [4.69, 9.17) is 15.2 Å².